The lowest BCUT2D eigenvalue weighted by Crippen LogP contribution is -2.43. The zero-order valence-corrected chi connectivity index (χ0v) is 18.8. The van der Waals surface area contributed by atoms with Gasteiger partial charge in [0, 0.05) is 25.0 Å². The Morgan fingerprint density at radius 3 is 2.21 bits per heavy atom. The molecule has 7 nitrogen and oxygen atoms in total. The average Bonchev–Trinajstić information content (AvgIpc) is 2.90. The van der Waals surface area contributed by atoms with Crippen molar-refractivity contribution in [2.24, 2.45) is 0 Å². The molecule has 2 heterocycles. The maximum atomic E-state index is 13.6. The van der Waals surface area contributed by atoms with E-state index in [1.165, 1.54) is 4.68 Å². The summed E-state index contributed by atoms with van der Waals surface area (Å²) < 4.78 is 6.78. The van der Waals surface area contributed by atoms with Gasteiger partial charge in [-0.3, -0.25) is 14.5 Å². The minimum Gasteiger partial charge on any atom is -0.379 e. The van der Waals surface area contributed by atoms with E-state index >= 15 is 0 Å². The van der Waals surface area contributed by atoms with E-state index in [1.807, 2.05) is 54.6 Å². The number of amides is 1. The average molecular weight is 455 g/mol. The second-order valence-corrected chi connectivity index (χ2v) is 8.30. The van der Waals surface area contributed by atoms with Crippen LogP contribution in [0, 0.1) is 0 Å². The molecular weight excluding hydrogens is 428 g/mol. The van der Waals surface area contributed by atoms with Crippen LogP contribution in [0.1, 0.15) is 22.1 Å². The topological polar surface area (TPSA) is 76.5 Å². The van der Waals surface area contributed by atoms with Gasteiger partial charge >= 0.3 is 0 Å². The molecule has 0 aliphatic carbocycles. The molecule has 1 atom stereocenters. The number of hydrogen-bond acceptors (Lipinski definition) is 5. The number of hydrogen-bond donors (Lipinski definition) is 1. The van der Waals surface area contributed by atoms with Gasteiger partial charge in [0.15, 0.2) is 5.69 Å². The summed E-state index contributed by atoms with van der Waals surface area (Å²) in [7, 11) is 0. The van der Waals surface area contributed by atoms with Gasteiger partial charge in [-0.15, -0.1) is 0 Å². The summed E-state index contributed by atoms with van der Waals surface area (Å²) in [4.78, 5) is 29.1. The predicted molar refractivity (Wildman–Crippen MR) is 131 cm³/mol. The molecule has 1 aliphatic rings. The Kier molecular flexibility index (Phi) is 6.46. The van der Waals surface area contributed by atoms with Crippen LogP contribution < -0.4 is 10.9 Å². The van der Waals surface area contributed by atoms with Gasteiger partial charge in [0.05, 0.1) is 30.3 Å². The molecule has 34 heavy (non-hydrogen) atoms. The lowest BCUT2D eigenvalue weighted by atomic mass is 10.0. The highest BCUT2D eigenvalue weighted by Gasteiger charge is 2.23. The van der Waals surface area contributed by atoms with Crippen molar-refractivity contribution in [3.05, 3.63) is 107 Å². The van der Waals surface area contributed by atoms with Gasteiger partial charge in [0.2, 0.25) is 0 Å². The Labute approximate surface area is 197 Å². The minimum atomic E-state index is -0.317. The molecule has 0 radical (unpaired) electrons. The van der Waals surface area contributed by atoms with Crippen molar-refractivity contribution in [3.63, 3.8) is 0 Å². The number of nitrogens with zero attached hydrogens (tertiary/aromatic N) is 3. The van der Waals surface area contributed by atoms with Crippen LogP contribution in [0.15, 0.2) is 89.7 Å². The molecule has 1 N–H and O–H groups in total. The predicted octanol–water partition coefficient (Wildman–Crippen LogP) is 3.19. The minimum absolute atomic E-state index is 0.224. The van der Waals surface area contributed by atoms with Crippen LogP contribution in [0.3, 0.4) is 0 Å². The van der Waals surface area contributed by atoms with E-state index in [-0.39, 0.29) is 23.2 Å². The molecule has 1 aliphatic heterocycles. The standard InChI is InChI=1S/C27H26N4O3/c32-26(28-24(20-9-3-1-4-10-20)19-30-15-17-34-18-16-30)25-22-13-7-8-14-23(22)27(33)31(29-25)21-11-5-2-6-12-21/h1-14,24H,15-19H2,(H,28,32)/t24-/m1/s1. The van der Waals surface area contributed by atoms with Gasteiger partial charge in [-0.05, 0) is 23.8 Å². The Morgan fingerprint density at radius 1 is 0.882 bits per heavy atom. The molecule has 1 aromatic heterocycles. The lowest BCUT2D eigenvalue weighted by Gasteiger charge is -2.31. The smallest absolute Gasteiger partial charge is 0.279 e. The molecule has 0 unspecified atom stereocenters. The highest BCUT2D eigenvalue weighted by atomic mass is 16.5. The Morgan fingerprint density at radius 2 is 1.50 bits per heavy atom. The van der Waals surface area contributed by atoms with Crippen LogP contribution in [-0.4, -0.2) is 53.4 Å². The number of morpholine rings is 1. The number of benzene rings is 3. The van der Waals surface area contributed by atoms with Crippen LogP contribution in [0.4, 0.5) is 0 Å². The number of para-hydroxylation sites is 1. The molecule has 0 bridgehead atoms. The van der Waals surface area contributed by atoms with Crippen molar-refractivity contribution in [2.75, 3.05) is 32.8 Å². The summed E-state index contributed by atoms with van der Waals surface area (Å²) in [5.41, 5.74) is 1.59. The third-order valence-corrected chi connectivity index (χ3v) is 6.07. The van der Waals surface area contributed by atoms with Crippen molar-refractivity contribution in [1.82, 2.24) is 20.0 Å². The van der Waals surface area contributed by atoms with E-state index in [0.29, 0.717) is 36.2 Å². The number of aromatic nitrogens is 2. The Bertz CT molecular complexity index is 1330. The number of carbonyl (C=O) groups excluding carboxylic acids is 1. The second kappa shape index (κ2) is 9.99. The maximum absolute atomic E-state index is 13.6. The molecule has 1 saturated heterocycles. The largest absolute Gasteiger partial charge is 0.379 e. The summed E-state index contributed by atoms with van der Waals surface area (Å²) in [6.07, 6.45) is 0. The lowest BCUT2D eigenvalue weighted by molar-refractivity contribution is 0.0332. The summed E-state index contributed by atoms with van der Waals surface area (Å²) in [6.45, 7) is 3.67. The highest BCUT2D eigenvalue weighted by Crippen LogP contribution is 2.19. The fourth-order valence-corrected chi connectivity index (χ4v) is 4.29. The third kappa shape index (κ3) is 4.62. The molecule has 172 valence electrons. The van der Waals surface area contributed by atoms with Gasteiger partial charge in [-0.2, -0.15) is 9.78 Å². The van der Waals surface area contributed by atoms with E-state index in [4.69, 9.17) is 4.74 Å². The molecule has 3 aromatic carbocycles. The van der Waals surface area contributed by atoms with E-state index in [2.05, 4.69) is 15.3 Å². The summed E-state index contributed by atoms with van der Waals surface area (Å²) in [5, 5.41) is 8.70. The zero-order valence-electron chi connectivity index (χ0n) is 18.8. The highest BCUT2D eigenvalue weighted by molar-refractivity contribution is 6.05. The molecule has 7 heteroatoms. The van der Waals surface area contributed by atoms with Crippen molar-refractivity contribution in [1.29, 1.82) is 0 Å². The molecular formula is C27H26N4O3. The van der Waals surface area contributed by atoms with Gasteiger partial charge in [-0.1, -0.05) is 66.7 Å². The third-order valence-electron chi connectivity index (χ3n) is 6.07. The summed E-state index contributed by atoms with van der Waals surface area (Å²) >= 11 is 0. The quantitative estimate of drug-likeness (QED) is 0.484. The molecule has 0 saturated carbocycles. The Balaban J connectivity index is 1.53. The first kappa shape index (κ1) is 22.0. The van der Waals surface area contributed by atoms with Crippen LogP contribution in [0.25, 0.3) is 16.5 Å². The van der Waals surface area contributed by atoms with E-state index in [9.17, 15) is 9.59 Å². The van der Waals surface area contributed by atoms with Crippen LogP contribution in [-0.2, 0) is 4.74 Å². The number of ether oxygens (including phenoxy) is 1. The molecule has 0 spiro atoms. The fraction of sp³-hybridized carbons (Fsp3) is 0.222. The summed E-state index contributed by atoms with van der Waals surface area (Å²) in [5.74, 6) is -0.317. The van der Waals surface area contributed by atoms with Gasteiger partial charge in [-0.25, -0.2) is 0 Å². The number of fused-ring (bicyclic) bond motifs is 1. The van der Waals surface area contributed by atoms with Gasteiger partial charge in [0.25, 0.3) is 11.5 Å². The second-order valence-electron chi connectivity index (χ2n) is 8.30. The van der Waals surface area contributed by atoms with Crippen molar-refractivity contribution in [3.8, 4) is 5.69 Å². The molecule has 5 rings (SSSR count). The first-order chi connectivity index (χ1) is 16.7. The van der Waals surface area contributed by atoms with E-state index in [1.54, 1.807) is 30.3 Å². The van der Waals surface area contributed by atoms with Crippen molar-refractivity contribution in [2.45, 2.75) is 6.04 Å². The Hall–Kier alpha value is -3.81. The van der Waals surface area contributed by atoms with Crippen molar-refractivity contribution < 1.29 is 9.53 Å². The summed E-state index contributed by atoms with van der Waals surface area (Å²) in [6, 6.07) is 26.0. The van der Waals surface area contributed by atoms with E-state index in [0.717, 1.165) is 18.7 Å². The first-order valence-electron chi connectivity index (χ1n) is 11.4. The monoisotopic (exact) mass is 454 g/mol. The van der Waals surface area contributed by atoms with Crippen LogP contribution in [0.2, 0.25) is 0 Å². The fourth-order valence-electron chi connectivity index (χ4n) is 4.29. The maximum Gasteiger partial charge on any atom is 0.279 e. The van der Waals surface area contributed by atoms with Crippen LogP contribution >= 0.6 is 0 Å². The number of rotatable bonds is 6. The zero-order chi connectivity index (χ0) is 23.3. The normalized spacial score (nSPS) is 15.2. The number of nitrogens with one attached hydrogen (secondary N) is 1. The van der Waals surface area contributed by atoms with Gasteiger partial charge < -0.3 is 10.1 Å². The molecule has 1 fully saturated rings. The SMILES string of the molecule is O=C(N[C@H](CN1CCOCC1)c1ccccc1)c1nn(-c2ccccc2)c(=O)c2ccccc12. The molecule has 1 amide bonds. The van der Waals surface area contributed by atoms with Crippen LogP contribution in [0.5, 0.6) is 0 Å². The first-order valence-corrected chi connectivity index (χ1v) is 11.4. The molecule has 4 aromatic rings. The van der Waals surface area contributed by atoms with E-state index < -0.39 is 0 Å². The van der Waals surface area contributed by atoms with Crippen molar-refractivity contribution >= 4 is 16.7 Å². The number of carbonyl (C=O) groups is 1. The van der Waals surface area contributed by atoms with Gasteiger partial charge in [0.1, 0.15) is 0 Å².